The maximum atomic E-state index is 11.8. The van der Waals surface area contributed by atoms with E-state index in [0.717, 1.165) is 15.7 Å². The largest absolute Gasteiger partial charge is 0.351 e. The highest BCUT2D eigenvalue weighted by molar-refractivity contribution is 14.1. The Morgan fingerprint density at radius 2 is 2.18 bits per heavy atom. The highest BCUT2D eigenvalue weighted by atomic mass is 127. The SMILES string of the molecule is CC(C)N(C)CCNC(=O)c1cccc(I)c1. The van der Waals surface area contributed by atoms with Crippen LogP contribution >= 0.6 is 22.6 Å². The molecule has 0 atom stereocenters. The first kappa shape index (κ1) is 14.4. The number of nitrogens with one attached hydrogen (secondary N) is 1. The number of amides is 1. The molecule has 0 aliphatic carbocycles. The lowest BCUT2D eigenvalue weighted by Gasteiger charge is -2.20. The molecule has 0 radical (unpaired) electrons. The third-order valence-electron chi connectivity index (χ3n) is 2.72. The molecule has 94 valence electrons. The Labute approximate surface area is 117 Å². The van der Waals surface area contributed by atoms with Crippen molar-refractivity contribution in [2.24, 2.45) is 0 Å². The standard InChI is InChI=1S/C13H19IN2O/c1-10(2)16(3)8-7-15-13(17)11-5-4-6-12(14)9-11/h4-6,9-10H,7-8H2,1-3H3,(H,15,17). The van der Waals surface area contributed by atoms with Gasteiger partial charge >= 0.3 is 0 Å². The lowest BCUT2D eigenvalue weighted by Crippen LogP contribution is -2.36. The van der Waals surface area contributed by atoms with Crippen molar-refractivity contribution in [2.75, 3.05) is 20.1 Å². The fourth-order valence-corrected chi connectivity index (χ4v) is 1.88. The van der Waals surface area contributed by atoms with E-state index >= 15 is 0 Å². The number of likely N-dealkylation sites (N-methyl/N-ethyl adjacent to an activating group) is 1. The predicted octanol–water partition coefficient (Wildman–Crippen LogP) is 2.36. The zero-order valence-corrected chi connectivity index (χ0v) is 12.7. The van der Waals surface area contributed by atoms with Gasteiger partial charge in [-0.1, -0.05) is 6.07 Å². The monoisotopic (exact) mass is 346 g/mol. The molecule has 0 bridgehead atoms. The molecule has 17 heavy (non-hydrogen) atoms. The molecule has 0 spiro atoms. The normalized spacial score (nSPS) is 10.9. The Morgan fingerprint density at radius 3 is 2.76 bits per heavy atom. The number of benzene rings is 1. The number of rotatable bonds is 5. The summed E-state index contributed by atoms with van der Waals surface area (Å²) in [4.78, 5) is 14.0. The van der Waals surface area contributed by atoms with Gasteiger partial charge in [0.25, 0.3) is 5.91 Å². The Morgan fingerprint density at radius 1 is 1.47 bits per heavy atom. The average Bonchev–Trinajstić information content (AvgIpc) is 2.28. The average molecular weight is 346 g/mol. The van der Waals surface area contributed by atoms with Gasteiger partial charge in [-0.15, -0.1) is 0 Å². The van der Waals surface area contributed by atoms with E-state index in [1.54, 1.807) is 0 Å². The van der Waals surface area contributed by atoms with Crippen LogP contribution in [-0.4, -0.2) is 37.0 Å². The lowest BCUT2D eigenvalue weighted by molar-refractivity contribution is 0.0948. The molecule has 1 rings (SSSR count). The molecule has 4 heteroatoms. The van der Waals surface area contributed by atoms with Gasteiger partial charge in [0.1, 0.15) is 0 Å². The Bertz CT molecular complexity index is 379. The van der Waals surface area contributed by atoms with Gasteiger partial charge in [-0.2, -0.15) is 0 Å². The van der Waals surface area contributed by atoms with Crippen LogP contribution in [0.3, 0.4) is 0 Å². The van der Waals surface area contributed by atoms with E-state index in [-0.39, 0.29) is 5.91 Å². The van der Waals surface area contributed by atoms with Gasteiger partial charge in [-0.25, -0.2) is 0 Å². The van der Waals surface area contributed by atoms with Crippen molar-refractivity contribution in [3.63, 3.8) is 0 Å². The third-order valence-corrected chi connectivity index (χ3v) is 3.39. The summed E-state index contributed by atoms with van der Waals surface area (Å²) in [6.45, 7) is 5.83. The highest BCUT2D eigenvalue weighted by Crippen LogP contribution is 2.07. The van der Waals surface area contributed by atoms with Crippen LogP contribution in [0, 0.1) is 3.57 Å². The van der Waals surface area contributed by atoms with E-state index in [2.05, 4.69) is 53.7 Å². The van der Waals surface area contributed by atoms with Crippen molar-refractivity contribution in [1.82, 2.24) is 10.2 Å². The van der Waals surface area contributed by atoms with E-state index in [9.17, 15) is 4.79 Å². The van der Waals surface area contributed by atoms with Crippen molar-refractivity contribution in [3.05, 3.63) is 33.4 Å². The van der Waals surface area contributed by atoms with Crippen molar-refractivity contribution in [2.45, 2.75) is 19.9 Å². The molecule has 0 saturated heterocycles. The number of carbonyl (C=O) groups is 1. The van der Waals surface area contributed by atoms with Crippen LogP contribution in [0.2, 0.25) is 0 Å². The fraction of sp³-hybridized carbons (Fsp3) is 0.462. The summed E-state index contributed by atoms with van der Waals surface area (Å²) < 4.78 is 1.08. The minimum absolute atomic E-state index is 0.000622. The molecule has 0 saturated carbocycles. The number of nitrogens with zero attached hydrogens (tertiary/aromatic N) is 1. The summed E-state index contributed by atoms with van der Waals surface area (Å²) in [6.07, 6.45) is 0. The molecular weight excluding hydrogens is 327 g/mol. The smallest absolute Gasteiger partial charge is 0.251 e. The van der Waals surface area contributed by atoms with Crippen molar-refractivity contribution in [3.8, 4) is 0 Å². The van der Waals surface area contributed by atoms with Gasteiger partial charge in [0.05, 0.1) is 0 Å². The first-order valence-corrected chi connectivity index (χ1v) is 6.82. The quantitative estimate of drug-likeness (QED) is 0.831. The molecule has 0 fully saturated rings. The van der Waals surface area contributed by atoms with E-state index in [1.807, 2.05) is 24.3 Å². The lowest BCUT2D eigenvalue weighted by atomic mass is 10.2. The van der Waals surface area contributed by atoms with Gasteiger partial charge in [-0.05, 0) is 61.7 Å². The van der Waals surface area contributed by atoms with Crippen LogP contribution in [0.15, 0.2) is 24.3 Å². The van der Waals surface area contributed by atoms with Gasteiger partial charge < -0.3 is 10.2 Å². The van der Waals surface area contributed by atoms with E-state index in [4.69, 9.17) is 0 Å². The molecule has 1 N–H and O–H groups in total. The molecule has 0 unspecified atom stereocenters. The maximum Gasteiger partial charge on any atom is 0.251 e. The fourth-order valence-electron chi connectivity index (χ4n) is 1.34. The molecule has 3 nitrogen and oxygen atoms in total. The van der Waals surface area contributed by atoms with Crippen LogP contribution in [0.5, 0.6) is 0 Å². The van der Waals surface area contributed by atoms with Gasteiger partial charge in [0.2, 0.25) is 0 Å². The molecule has 1 aromatic carbocycles. The maximum absolute atomic E-state index is 11.8. The van der Waals surface area contributed by atoms with Crippen LogP contribution in [0.25, 0.3) is 0 Å². The van der Waals surface area contributed by atoms with Gasteiger partial charge in [0.15, 0.2) is 0 Å². The van der Waals surface area contributed by atoms with Crippen LogP contribution < -0.4 is 5.32 Å². The van der Waals surface area contributed by atoms with E-state index in [0.29, 0.717) is 12.6 Å². The van der Waals surface area contributed by atoms with Crippen LogP contribution in [0.4, 0.5) is 0 Å². The first-order valence-electron chi connectivity index (χ1n) is 5.74. The minimum Gasteiger partial charge on any atom is -0.351 e. The number of halogens is 1. The Hall–Kier alpha value is -0.620. The minimum atomic E-state index is 0.000622. The number of hydrogen-bond donors (Lipinski definition) is 1. The molecule has 0 aromatic heterocycles. The molecule has 1 aromatic rings. The summed E-state index contributed by atoms with van der Waals surface area (Å²) >= 11 is 2.21. The van der Waals surface area contributed by atoms with E-state index in [1.165, 1.54) is 0 Å². The summed E-state index contributed by atoms with van der Waals surface area (Å²) in [5.41, 5.74) is 0.726. The molecule has 0 aliphatic heterocycles. The second-order valence-electron chi connectivity index (χ2n) is 4.34. The van der Waals surface area contributed by atoms with Crippen molar-refractivity contribution < 1.29 is 4.79 Å². The Balaban J connectivity index is 2.40. The second kappa shape index (κ2) is 6.96. The van der Waals surface area contributed by atoms with Gasteiger partial charge in [0, 0.05) is 28.3 Å². The number of hydrogen-bond acceptors (Lipinski definition) is 2. The molecule has 0 aliphatic rings. The summed E-state index contributed by atoms with van der Waals surface area (Å²) in [7, 11) is 2.06. The van der Waals surface area contributed by atoms with Crippen molar-refractivity contribution in [1.29, 1.82) is 0 Å². The van der Waals surface area contributed by atoms with E-state index < -0.39 is 0 Å². The van der Waals surface area contributed by atoms with Crippen molar-refractivity contribution >= 4 is 28.5 Å². The summed E-state index contributed by atoms with van der Waals surface area (Å²) in [6, 6.07) is 8.11. The number of carbonyl (C=O) groups excluding carboxylic acids is 1. The molecule has 0 heterocycles. The zero-order valence-electron chi connectivity index (χ0n) is 10.5. The molecular formula is C13H19IN2O. The second-order valence-corrected chi connectivity index (χ2v) is 5.59. The van der Waals surface area contributed by atoms with Crippen LogP contribution in [0.1, 0.15) is 24.2 Å². The topological polar surface area (TPSA) is 32.3 Å². The predicted molar refractivity (Wildman–Crippen MR) is 79.3 cm³/mol. The summed E-state index contributed by atoms with van der Waals surface area (Å²) in [5.74, 6) is 0.000622. The molecule has 1 amide bonds. The zero-order chi connectivity index (χ0) is 12.8. The summed E-state index contributed by atoms with van der Waals surface area (Å²) in [5, 5.41) is 2.93. The van der Waals surface area contributed by atoms with Gasteiger partial charge in [-0.3, -0.25) is 4.79 Å². The highest BCUT2D eigenvalue weighted by Gasteiger charge is 2.06. The first-order chi connectivity index (χ1) is 8.00. The Kier molecular flexibility index (Phi) is 5.91. The third kappa shape index (κ3) is 5.04. The van der Waals surface area contributed by atoms with Crippen LogP contribution in [-0.2, 0) is 0 Å².